The van der Waals surface area contributed by atoms with Gasteiger partial charge in [-0.05, 0) is 32.2 Å². The molecule has 4 unspecified atom stereocenters. The number of hydrogen-bond acceptors (Lipinski definition) is 4. The number of aromatic nitrogens is 3. The highest BCUT2D eigenvalue weighted by Gasteiger charge is 2.45. The average molecular weight is 264 g/mol. The maximum Gasteiger partial charge on any atom is 0.0760 e. The van der Waals surface area contributed by atoms with Crippen LogP contribution in [-0.2, 0) is 11.3 Å². The standard InChI is InChI=1S/C14H24N4O/c1-3-7-18-12(9-16-17-18)14(15-4-2)11-8-10-5-6-13(11)19-10/h9-11,13-15H,3-8H2,1-2H3. The number of aryl methyl sites for hydroxylation is 1. The summed E-state index contributed by atoms with van der Waals surface area (Å²) < 4.78 is 8.07. The van der Waals surface area contributed by atoms with E-state index in [0.29, 0.717) is 24.2 Å². The Hall–Kier alpha value is -0.940. The number of nitrogens with one attached hydrogen (secondary N) is 1. The van der Waals surface area contributed by atoms with Crippen LogP contribution in [0, 0.1) is 5.92 Å². The van der Waals surface area contributed by atoms with E-state index in [4.69, 9.17) is 4.74 Å². The Balaban J connectivity index is 1.82. The summed E-state index contributed by atoms with van der Waals surface area (Å²) in [6, 6.07) is 0.335. The van der Waals surface area contributed by atoms with Crippen LogP contribution >= 0.6 is 0 Å². The summed E-state index contributed by atoms with van der Waals surface area (Å²) in [6.45, 7) is 6.25. The first-order valence-corrected chi connectivity index (χ1v) is 7.60. The van der Waals surface area contributed by atoms with Crippen LogP contribution < -0.4 is 5.32 Å². The van der Waals surface area contributed by atoms with Gasteiger partial charge in [0.25, 0.3) is 0 Å². The Bertz CT molecular complexity index is 419. The zero-order valence-corrected chi connectivity index (χ0v) is 11.9. The molecule has 0 spiro atoms. The van der Waals surface area contributed by atoms with Crippen LogP contribution in [0.25, 0.3) is 0 Å². The fraction of sp³-hybridized carbons (Fsp3) is 0.857. The van der Waals surface area contributed by atoms with Crippen molar-refractivity contribution in [1.82, 2.24) is 20.3 Å². The van der Waals surface area contributed by atoms with Gasteiger partial charge in [-0.1, -0.05) is 19.1 Å². The predicted octanol–water partition coefficient (Wildman–Crippen LogP) is 1.91. The third-order valence-corrected chi connectivity index (χ3v) is 4.41. The van der Waals surface area contributed by atoms with Crippen molar-refractivity contribution in [3.05, 3.63) is 11.9 Å². The van der Waals surface area contributed by atoms with Crippen molar-refractivity contribution < 1.29 is 4.74 Å². The molecule has 2 aliphatic heterocycles. The van der Waals surface area contributed by atoms with Gasteiger partial charge in [0.15, 0.2) is 0 Å². The third kappa shape index (κ3) is 2.41. The summed E-state index contributed by atoms with van der Waals surface area (Å²) >= 11 is 0. The van der Waals surface area contributed by atoms with Crippen molar-refractivity contribution in [3.63, 3.8) is 0 Å². The lowest BCUT2D eigenvalue weighted by Gasteiger charge is -2.29. The lowest BCUT2D eigenvalue weighted by Crippen LogP contribution is -2.35. The van der Waals surface area contributed by atoms with Gasteiger partial charge in [-0.15, -0.1) is 5.10 Å². The molecule has 106 valence electrons. The Morgan fingerprint density at radius 2 is 2.37 bits per heavy atom. The van der Waals surface area contributed by atoms with Crippen LogP contribution in [0.3, 0.4) is 0 Å². The number of fused-ring (bicyclic) bond motifs is 2. The fourth-order valence-corrected chi connectivity index (χ4v) is 3.62. The lowest BCUT2D eigenvalue weighted by atomic mass is 9.82. The molecule has 1 aromatic rings. The van der Waals surface area contributed by atoms with E-state index in [1.54, 1.807) is 0 Å². The smallest absolute Gasteiger partial charge is 0.0760 e. The monoisotopic (exact) mass is 264 g/mol. The molecule has 0 aliphatic carbocycles. The molecule has 5 heteroatoms. The van der Waals surface area contributed by atoms with Crippen LogP contribution in [0.15, 0.2) is 6.20 Å². The SMILES string of the molecule is CCCn1nncc1C(NCC)C1CC2CCC1O2. The Morgan fingerprint density at radius 1 is 1.47 bits per heavy atom. The number of rotatable bonds is 6. The second-order valence-electron chi connectivity index (χ2n) is 5.69. The van der Waals surface area contributed by atoms with Gasteiger partial charge in [-0.3, -0.25) is 0 Å². The summed E-state index contributed by atoms with van der Waals surface area (Å²) in [5, 5.41) is 12.0. The highest BCUT2D eigenvalue weighted by molar-refractivity contribution is 5.09. The van der Waals surface area contributed by atoms with Crippen molar-refractivity contribution in [1.29, 1.82) is 0 Å². The van der Waals surface area contributed by atoms with E-state index in [1.165, 1.54) is 25.0 Å². The van der Waals surface area contributed by atoms with E-state index in [-0.39, 0.29) is 0 Å². The van der Waals surface area contributed by atoms with Crippen molar-refractivity contribution in [2.45, 2.75) is 64.3 Å². The van der Waals surface area contributed by atoms with E-state index in [0.717, 1.165) is 19.5 Å². The van der Waals surface area contributed by atoms with Gasteiger partial charge in [-0.2, -0.15) is 0 Å². The minimum Gasteiger partial charge on any atom is -0.375 e. The molecule has 4 atom stereocenters. The van der Waals surface area contributed by atoms with Crippen LogP contribution in [0.5, 0.6) is 0 Å². The Labute approximate surface area is 114 Å². The second-order valence-corrected chi connectivity index (χ2v) is 5.69. The maximum absolute atomic E-state index is 6.02. The lowest BCUT2D eigenvalue weighted by molar-refractivity contribution is 0.0850. The van der Waals surface area contributed by atoms with Crippen LogP contribution in [0.1, 0.15) is 51.3 Å². The summed E-state index contributed by atoms with van der Waals surface area (Å²) in [6.07, 6.45) is 7.57. The van der Waals surface area contributed by atoms with Crippen molar-refractivity contribution in [2.75, 3.05) is 6.54 Å². The van der Waals surface area contributed by atoms with E-state index in [1.807, 2.05) is 6.20 Å². The van der Waals surface area contributed by atoms with E-state index < -0.39 is 0 Å². The molecule has 0 radical (unpaired) electrons. The summed E-state index contributed by atoms with van der Waals surface area (Å²) in [5.41, 5.74) is 1.23. The molecule has 2 fully saturated rings. The quantitative estimate of drug-likeness (QED) is 0.852. The van der Waals surface area contributed by atoms with E-state index in [9.17, 15) is 0 Å². The molecule has 1 N–H and O–H groups in total. The Kier molecular flexibility index (Phi) is 3.84. The Morgan fingerprint density at radius 3 is 3.00 bits per heavy atom. The molecule has 19 heavy (non-hydrogen) atoms. The molecule has 0 aromatic carbocycles. The average Bonchev–Trinajstić information content (AvgIpc) is 3.12. The zero-order valence-electron chi connectivity index (χ0n) is 11.9. The fourth-order valence-electron chi connectivity index (χ4n) is 3.62. The van der Waals surface area contributed by atoms with Gasteiger partial charge in [0, 0.05) is 12.5 Å². The first-order valence-electron chi connectivity index (χ1n) is 7.60. The summed E-state index contributed by atoms with van der Waals surface area (Å²) in [5.74, 6) is 0.577. The van der Waals surface area contributed by atoms with Gasteiger partial charge in [0.05, 0.1) is 30.1 Å². The summed E-state index contributed by atoms with van der Waals surface area (Å²) in [4.78, 5) is 0. The molecule has 2 aliphatic rings. The van der Waals surface area contributed by atoms with Crippen LogP contribution in [-0.4, -0.2) is 33.7 Å². The van der Waals surface area contributed by atoms with Crippen molar-refractivity contribution >= 4 is 0 Å². The molecule has 3 rings (SSSR count). The number of nitrogens with zero attached hydrogens (tertiary/aromatic N) is 3. The molecule has 5 nitrogen and oxygen atoms in total. The minimum absolute atomic E-state index is 0.335. The number of ether oxygens (including phenoxy) is 1. The van der Waals surface area contributed by atoms with Crippen molar-refractivity contribution in [3.8, 4) is 0 Å². The first-order chi connectivity index (χ1) is 9.33. The first kappa shape index (κ1) is 13.1. The van der Waals surface area contributed by atoms with Gasteiger partial charge in [-0.25, -0.2) is 4.68 Å². The molecular weight excluding hydrogens is 240 g/mol. The molecule has 0 amide bonds. The molecule has 2 saturated heterocycles. The number of hydrogen-bond donors (Lipinski definition) is 1. The van der Waals surface area contributed by atoms with Crippen LogP contribution in [0.2, 0.25) is 0 Å². The maximum atomic E-state index is 6.02. The molecular formula is C14H24N4O. The van der Waals surface area contributed by atoms with Crippen LogP contribution in [0.4, 0.5) is 0 Å². The second kappa shape index (κ2) is 5.59. The van der Waals surface area contributed by atoms with Gasteiger partial charge >= 0.3 is 0 Å². The normalized spacial score (nSPS) is 30.9. The molecule has 0 saturated carbocycles. The topological polar surface area (TPSA) is 52.0 Å². The molecule has 3 heterocycles. The largest absolute Gasteiger partial charge is 0.375 e. The highest BCUT2D eigenvalue weighted by Crippen LogP contribution is 2.44. The molecule has 1 aromatic heterocycles. The molecule has 2 bridgehead atoms. The van der Waals surface area contributed by atoms with Gasteiger partial charge in [0.2, 0.25) is 0 Å². The highest BCUT2D eigenvalue weighted by atomic mass is 16.5. The summed E-state index contributed by atoms with van der Waals surface area (Å²) in [7, 11) is 0. The minimum atomic E-state index is 0.335. The van der Waals surface area contributed by atoms with E-state index in [2.05, 4.69) is 34.2 Å². The third-order valence-electron chi connectivity index (χ3n) is 4.41. The predicted molar refractivity (Wildman–Crippen MR) is 72.7 cm³/mol. The van der Waals surface area contributed by atoms with Crippen molar-refractivity contribution in [2.24, 2.45) is 5.92 Å². The zero-order chi connectivity index (χ0) is 13.2. The van der Waals surface area contributed by atoms with Gasteiger partial charge in [0.1, 0.15) is 0 Å². The van der Waals surface area contributed by atoms with E-state index >= 15 is 0 Å². The van der Waals surface area contributed by atoms with Gasteiger partial charge < -0.3 is 10.1 Å².